The molecule has 158 valence electrons. The number of nitrogens with one attached hydrogen (secondary N) is 1. The highest BCUT2D eigenvalue weighted by Crippen LogP contribution is 2.18. The lowest BCUT2D eigenvalue weighted by atomic mass is 9.97. The van der Waals surface area contributed by atoms with E-state index >= 15 is 0 Å². The number of fused-ring (bicyclic) bond motifs is 1. The second-order valence-corrected chi connectivity index (χ2v) is 7.58. The summed E-state index contributed by atoms with van der Waals surface area (Å²) in [5.74, 6) is 1.81. The third kappa shape index (κ3) is 4.10. The summed E-state index contributed by atoms with van der Waals surface area (Å²) in [4.78, 5) is 13.0. The lowest BCUT2D eigenvalue weighted by Gasteiger charge is -2.25. The van der Waals surface area contributed by atoms with Gasteiger partial charge < -0.3 is 15.8 Å². The Balaban J connectivity index is 1.24. The molecular weight excluding hydrogens is 396 g/mol. The second kappa shape index (κ2) is 8.15. The van der Waals surface area contributed by atoms with Gasteiger partial charge in [-0.05, 0) is 30.0 Å². The fourth-order valence-corrected chi connectivity index (χ4v) is 3.50. The Labute approximate surface area is 178 Å². The van der Waals surface area contributed by atoms with Gasteiger partial charge in [0.05, 0.1) is 13.2 Å². The van der Waals surface area contributed by atoms with Crippen molar-refractivity contribution < 1.29 is 14.7 Å². The topological polar surface area (TPSA) is 127 Å². The molecule has 5 rings (SSSR count). The van der Waals surface area contributed by atoms with E-state index in [1.807, 2.05) is 0 Å². The van der Waals surface area contributed by atoms with E-state index in [0.29, 0.717) is 35.7 Å². The highest BCUT2D eigenvalue weighted by atomic mass is 16.5. The first kappa shape index (κ1) is 19.2. The van der Waals surface area contributed by atoms with E-state index in [4.69, 9.17) is 10.5 Å². The van der Waals surface area contributed by atoms with Gasteiger partial charge in [0.25, 0.3) is 11.6 Å². The average Bonchev–Trinajstić information content (AvgIpc) is 3.17. The third-order valence-electron chi connectivity index (χ3n) is 5.25. The van der Waals surface area contributed by atoms with Crippen molar-refractivity contribution in [2.75, 3.05) is 30.8 Å². The van der Waals surface area contributed by atoms with Crippen LogP contribution in [-0.2, 0) is 17.6 Å². The molecule has 31 heavy (non-hydrogen) atoms. The molecule has 4 N–H and O–H groups in total. The summed E-state index contributed by atoms with van der Waals surface area (Å²) in [5, 5.41) is 17.4. The summed E-state index contributed by atoms with van der Waals surface area (Å²) >= 11 is 0. The van der Waals surface area contributed by atoms with Gasteiger partial charge in [0.15, 0.2) is 0 Å². The molecule has 0 unspecified atom stereocenters. The molecule has 0 spiro atoms. The lowest BCUT2D eigenvalue weighted by molar-refractivity contribution is -0.896. The molecule has 10 heteroatoms. The van der Waals surface area contributed by atoms with Crippen LogP contribution >= 0.6 is 0 Å². The van der Waals surface area contributed by atoms with E-state index in [-0.39, 0.29) is 5.95 Å². The van der Waals surface area contributed by atoms with Gasteiger partial charge in [-0.3, -0.25) is 5.21 Å². The fraction of sp³-hybridized carbons (Fsp3) is 0.286. The highest BCUT2D eigenvalue weighted by molar-refractivity contribution is 5.51. The Kier molecular flexibility index (Phi) is 5.04. The predicted molar refractivity (Wildman–Crippen MR) is 112 cm³/mol. The normalized spacial score (nSPS) is 13.9. The van der Waals surface area contributed by atoms with Crippen molar-refractivity contribution in [3.63, 3.8) is 0 Å². The number of ether oxygens (including phenoxy) is 1. The van der Waals surface area contributed by atoms with Gasteiger partial charge in [0.2, 0.25) is 18.1 Å². The van der Waals surface area contributed by atoms with Crippen molar-refractivity contribution >= 4 is 17.7 Å². The summed E-state index contributed by atoms with van der Waals surface area (Å²) in [7, 11) is 0. The highest BCUT2D eigenvalue weighted by Gasteiger charge is 2.20. The molecule has 4 aromatic rings. The Morgan fingerprint density at radius 1 is 1.10 bits per heavy atom. The van der Waals surface area contributed by atoms with Crippen LogP contribution in [0.5, 0.6) is 0 Å². The zero-order chi connectivity index (χ0) is 21.2. The minimum Gasteiger partial charge on any atom is -0.381 e. The van der Waals surface area contributed by atoms with Crippen LogP contribution in [0, 0.1) is 5.92 Å². The molecule has 3 aromatic heterocycles. The first-order valence-electron chi connectivity index (χ1n) is 10.2. The van der Waals surface area contributed by atoms with Crippen LogP contribution in [0.3, 0.4) is 0 Å². The Bertz CT molecular complexity index is 1200. The standard InChI is InChI=1S/C21H23N8O2/c22-19-25-20(23-9-8-14-4-6-15(7-5-14)11-16-12-31-13-16)26-21-24-18(27-29(19)21)17-3-1-2-10-28(17)30/h1-7,10,16,30H,8-9,11-13H2,(H3,22,23,24,25,26,27)/q+1. The van der Waals surface area contributed by atoms with E-state index in [1.54, 1.807) is 18.2 Å². The number of pyridine rings is 1. The summed E-state index contributed by atoms with van der Waals surface area (Å²) in [6.45, 7) is 2.40. The van der Waals surface area contributed by atoms with Gasteiger partial charge in [-0.1, -0.05) is 24.3 Å². The van der Waals surface area contributed by atoms with Crippen molar-refractivity contribution in [1.29, 1.82) is 0 Å². The van der Waals surface area contributed by atoms with E-state index in [0.717, 1.165) is 30.8 Å². The van der Waals surface area contributed by atoms with Gasteiger partial charge in [-0.2, -0.15) is 19.5 Å². The van der Waals surface area contributed by atoms with E-state index in [1.165, 1.54) is 21.8 Å². The molecule has 10 nitrogen and oxygen atoms in total. The lowest BCUT2D eigenvalue weighted by Crippen LogP contribution is -2.32. The van der Waals surface area contributed by atoms with Crippen molar-refractivity contribution in [2.24, 2.45) is 5.92 Å². The number of nitrogen functional groups attached to an aromatic ring is 1. The largest absolute Gasteiger partial charge is 0.381 e. The van der Waals surface area contributed by atoms with Crippen LogP contribution < -0.4 is 15.8 Å². The minimum absolute atomic E-state index is 0.163. The summed E-state index contributed by atoms with van der Waals surface area (Å²) in [5.41, 5.74) is 9.04. The maximum Gasteiger partial charge on any atom is 0.303 e. The average molecular weight is 419 g/mol. The Hall–Kier alpha value is -3.79. The fourth-order valence-electron chi connectivity index (χ4n) is 3.50. The molecule has 1 aliphatic heterocycles. The minimum atomic E-state index is 0.163. The number of nitrogens with zero attached hydrogens (tertiary/aromatic N) is 6. The number of aromatic nitrogens is 6. The SMILES string of the molecule is Nc1nc(NCCc2ccc(CC3COC3)cc2)nc2nc(-c3cccc[n+]3O)nn12. The van der Waals surface area contributed by atoms with Crippen molar-refractivity contribution in [2.45, 2.75) is 12.8 Å². The van der Waals surface area contributed by atoms with Gasteiger partial charge in [0.1, 0.15) is 0 Å². The number of rotatable bonds is 7. The Morgan fingerprint density at radius 2 is 1.90 bits per heavy atom. The van der Waals surface area contributed by atoms with Crippen molar-refractivity contribution in [1.82, 2.24) is 24.6 Å². The van der Waals surface area contributed by atoms with Crippen molar-refractivity contribution in [3.8, 4) is 11.5 Å². The van der Waals surface area contributed by atoms with Gasteiger partial charge in [-0.15, -0.1) is 5.10 Å². The smallest absolute Gasteiger partial charge is 0.303 e. The second-order valence-electron chi connectivity index (χ2n) is 7.58. The summed E-state index contributed by atoms with van der Waals surface area (Å²) < 4.78 is 7.53. The summed E-state index contributed by atoms with van der Waals surface area (Å²) in [6, 6.07) is 13.9. The number of hydrogen-bond acceptors (Lipinski definition) is 8. The number of benzene rings is 1. The molecule has 4 heterocycles. The van der Waals surface area contributed by atoms with Crippen LogP contribution in [-0.4, -0.2) is 49.5 Å². The molecule has 0 radical (unpaired) electrons. The zero-order valence-corrected chi connectivity index (χ0v) is 16.8. The van der Waals surface area contributed by atoms with Gasteiger partial charge in [0, 0.05) is 29.3 Å². The molecule has 0 saturated carbocycles. The van der Waals surface area contributed by atoms with Crippen molar-refractivity contribution in [3.05, 3.63) is 59.8 Å². The van der Waals surface area contributed by atoms with E-state index in [2.05, 4.69) is 49.6 Å². The molecule has 1 saturated heterocycles. The van der Waals surface area contributed by atoms with E-state index in [9.17, 15) is 5.21 Å². The first-order valence-corrected chi connectivity index (χ1v) is 10.2. The summed E-state index contributed by atoms with van der Waals surface area (Å²) in [6.07, 6.45) is 3.40. The third-order valence-corrected chi connectivity index (χ3v) is 5.25. The number of nitrogens with two attached hydrogens (primary N) is 1. The maximum absolute atomic E-state index is 9.96. The van der Waals surface area contributed by atoms with Gasteiger partial charge >= 0.3 is 5.69 Å². The molecule has 0 aliphatic carbocycles. The molecular formula is C21H23N8O2+. The molecule has 0 atom stereocenters. The monoisotopic (exact) mass is 419 g/mol. The number of hydrogen-bond donors (Lipinski definition) is 3. The van der Waals surface area contributed by atoms with Crippen LogP contribution in [0.4, 0.5) is 11.9 Å². The number of anilines is 2. The predicted octanol–water partition coefficient (Wildman–Crippen LogP) is 1.14. The molecule has 0 amide bonds. The first-order chi connectivity index (χ1) is 15.2. The maximum atomic E-state index is 9.96. The quantitative estimate of drug-likeness (QED) is 0.301. The molecule has 1 aromatic carbocycles. The molecule has 1 aliphatic rings. The Morgan fingerprint density at radius 3 is 2.65 bits per heavy atom. The van der Waals surface area contributed by atoms with Crippen LogP contribution in [0.1, 0.15) is 11.1 Å². The van der Waals surface area contributed by atoms with Crippen LogP contribution in [0.25, 0.3) is 17.3 Å². The molecule has 0 bridgehead atoms. The van der Waals surface area contributed by atoms with Crippen LogP contribution in [0.15, 0.2) is 48.7 Å². The van der Waals surface area contributed by atoms with Crippen LogP contribution in [0.2, 0.25) is 0 Å². The molecule has 1 fully saturated rings. The van der Waals surface area contributed by atoms with E-state index < -0.39 is 0 Å². The van der Waals surface area contributed by atoms with Gasteiger partial charge in [-0.25, -0.2) is 0 Å². The zero-order valence-electron chi connectivity index (χ0n) is 16.8.